The quantitative estimate of drug-likeness (QED) is 0.204. The van der Waals surface area contributed by atoms with E-state index in [0.29, 0.717) is 5.88 Å². The summed E-state index contributed by atoms with van der Waals surface area (Å²) in [5, 5.41) is 16.9. The van der Waals surface area contributed by atoms with Crippen molar-refractivity contribution < 1.29 is 14.0 Å². The van der Waals surface area contributed by atoms with Crippen molar-refractivity contribution in [3.8, 4) is 10.4 Å². The van der Waals surface area contributed by atoms with E-state index in [1.807, 2.05) is 45.0 Å². The zero-order chi connectivity index (χ0) is 20.7. The Hall–Kier alpha value is -1.28. The molecule has 0 aliphatic heterocycles. The predicted molar refractivity (Wildman–Crippen MR) is 115 cm³/mol. The highest BCUT2D eigenvalue weighted by Gasteiger charge is 2.26. The molecule has 2 aromatic rings. The fraction of sp³-hybridized carbons (Fsp3) is 0.444. The van der Waals surface area contributed by atoms with E-state index in [1.54, 1.807) is 6.07 Å². The average Bonchev–Trinajstić information content (AvgIpc) is 3.17. The van der Waals surface area contributed by atoms with Crippen LogP contribution in [-0.4, -0.2) is 22.9 Å². The van der Waals surface area contributed by atoms with Crippen LogP contribution in [0.15, 0.2) is 36.4 Å². The first-order valence-electron chi connectivity index (χ1n) is 8.96. The van der Waals surface area contributed by atoms with Crippen molar-refractivity contribution >= 4 is 35.6 Å². The molecule has 0 aliphatic rings. The first-order valence-corrected chi connectivity index (χ1v) is 11.9. The van der Waals surface area contributed by atoms with E-state index in [1.165, 1.54) is 6.07 Å². The second-order valence-electron chi connectivity index (χ2n) is 6.54. The van der Waals surface area contributed by atoms with Crippen LogP contribution in [0.25, 0.3) is 10.4 Å². The number of halogens is 1. The molecule has 0 fully saturated rings. The highest BCUT2D eigenvalue weighted by atomic mass is 35.5. The van der Waals surface area contributed by atoms with Gasteiger partial charge in [-0.05, 0) is 37.5 Å². The molecule has 1 aromatic carbocycles. The summed E-state index contributed by atoms with van der Waals surface area (Å²) in [5.41, 5.74) is 1.73. The van der Waals surface area contributed by atoms with Gasteiger partial charge >= 0.3 is 12.7 Å². The first-order chi connectivity index (χ1) is 13.3. The molecule has 2 rings (SSSR count). The first kappa shape index (κ1) is 23.0. The molecule has 154 valence electrons. The maximum Gasteiger partial charge on any atom is 0.341 e. The molecule has 0 spiro atoms. The van der Waals surface area contributed by atoms with Crippen molar-refractivity contribution in [2.24, 2.45) is 0 Å². The fourth-order valence-corrected chi connectivity index (χ4v) is 5.33. The molecule has 0 bridgehead atoms. The monoisotopic (exact) mass is 445 g/mol. The van der Waals surface area contributed by atoms with Gasteiger partial charge in [-0.3, -0.25) is 14.7 Å². The van der Waals surface area contributed by atoms with E-state index in [-0.39, 0.29) is 23.7 Å². The summed E-state index contributed by atoms with van der Waals surface area (Å²) in [5.74, 6) is 0.317. The molecule has 3 atom stereocenters. The van der Waals surface area contributed by atoms with Crippen LogP contribution >= 0.6 is 30.6 Å². The molecule has 0 amide bonds. The Bertz CT molecular complexity index is 814. The standard InChI is InChI=1S/C18H25ClN3O4PS/c1-4-13(2)20-27(25,21-14(3)11-19)26-12-15-5-7-16(8-6-15)17-9-10-18(28-17)22(23)24/h5-10,13-14H,4,11-12H2,1-3H3,(H2,20,21,25)/t13-,14-,27?/m1/s1. The minimum absolute atomic E-state index is 0.0258. The van der Waals surface area contributed by atoms with E-state index < -0.39 is 12.6 Å². The Morgan fingerprint density at radius 1 is 1.18 bits per heavy atom. The third-order valence-electron chi connectivity index (χ3n) is 4.05. The topological polar surface area (TPSA) is 93.5 Å². The molecule has 0 radical (unpaired) electrons. The molecule has 1 unspecified atom stereocenters. The summed E-state index contributed by atoms with van der Waals surface area (Å²) in [6.07, 6.45) is 0.811. The summed E-state index contributed by atoms with van der Waals surface area (Å²) in [7, 11) is -3.27. The van der Waals surface area contributed by atoms with Crippen LogP contribution in [0.5, 0.6) is 0 Å². The van der Waals surface area contributed by atoms with Gasteiger partial charge in [-0.25, -0.2) is 10.2 Å². The zero-order valence-electron chi connectivity index (χ0n) is 16.1. The van der Waals surface area contributed by atoms with E-state index in [2.05, 4.69) is 10.2 Å². The molecule has 10 heteroatoms. The van der Waals surface area contributed by atoms with Gasteiger partial charge in [0.15, 0.2) is 0 Å². The van der Waals surface area contributed by atoms with Crippen molar-refractivity contribution in [2.75, 3.05) is 5.88 Å². The molecule has 2 N–H and O–H groups in total. The lowest BCUT2D eigenvalue weighted by Crippen LogP contribution is -2.35. The van der Waals surface area contributed by atoms with E-state index in [4.69, 9.17) is 16.1 Å². The summed E-state index contributed by atoms with van der Waals surface area (Å²) in [4.78, 5) is 11.3. The van der Waals surface area contributed by atoms with Crippen LogP contribution in [-0.2, 0) is 15.7 Å². The Morgan fingerprint density at radius 2 is 1.82 bits per heavy atom. The zero-order valence-corrected chi connectivity index (χ0v) is 18.5. The van der Waals surface area contributed by atoms with Gasteiger partial charge in [0.2, 0.25) is 0 Å². The van der Waals surface area contributed by atoms with E-state index in [9.17, 15) is 14.7 Å². The van der Waals surface area contributed by atoms with Crippen molar-refractivity contribution in [2.45, 2.75) is 45.9 Å². The van der Waals surface area contributed by atoms with Crippen LogP contribution in [0, 0.1) is 10.1 Å². The normalized spacial score (nSPS) is 15.7. The third kappa shape index (κ3) is 6.65. The van der Waals surface area contributed by atoms with E-state index >= 15 is 0 Å². The van der Waals surface area contributed by atoms with Crippen LogP contribution in [0.3, 0.4) is 0 Å². The summed E-state index contributed by atoms with van der Waals surface area (Å²) in [6, 6.07) is 10.6. The Labute approximate surface area is 174 Å². The highest BCUT2D eigenvalue weighted by Crippen LogP contribution is 2.40. The molecule has 28 heavy (non-hydrogen) atoms. The molecule has 7 nitrogen and oxygen atoms in total. The number of hydrogen-bond donors (Lipinski definition) is 2. The van der Waals surface area contributed by atoms with Crippen molar-refractivity contribution in [3.05, 3.63) is 52.1 Å². The lowest BCUT2D eigenvalue weighted by molar-refractivity contribution is -0.380. The lowest BCUT2D eigenvalue weighted by Gasteiger charge is -2.26. The highest BCUT2D eigenvalue weighted by molar-refractivity contribution is 7.54. The molecular formula is C18H25ClN3O4PS. The average molecular weight is 446 g/mol. The maximum atomic E-state index is 13.1. The minimum Gasteiger partial charge on any atom is -0.301 e. The van der Waals surface area contributed by atoms with Gasteiger partial charge < -0.3 is 4.52 Å². The van der Waals surface area contributed by atoms with Crippen LogP contribution in [0.4, 0.5) is 5.00 Å². The molecule has 0 saturated heterocycles. The number of nitrogens with one attached hydrogen (secondary N) is 2. The van der Waals surface area contributed by atoms with Crippen molar-refractivity contribution in [3.63, 3.8) is 0 Å². The second-order valence-corrected chi connectivity index (χ2v) is 9.79. The summed E-state index contributed by atoms with van der Waals surface area (Å²) < 4.78 is 18.8. The van der Waals surface area contributed by atoms with Gasteiger partial charge in [0, 0.05) is 28.9 Å². The van der Waals surface area contributed by atoms with Gasteiger partial charge in [0.05, 0.1) is 11.5 Å². The molecule has 1 aromatic heterocycles. The fourth-order valence-electron chi connectivity index (χ4n) is 2.33. The third-order valence-corrected chi connectivity index (χ3v) is 7.65. The molecular weight excluding hydrogens is 421 g/mol. The van der Waals surface area contributed by atoms with Crippen LogP contribution < -0.4 is 10.2 Å². The largest absolute Gasteiger partial charge is 0.341 e. The Balaban J connectivity index is 2.06. The SMILES string of the molecule is CC[C@@H](C)NP(=O)(N[C@H](C)CCl)OCc1ccc(-c2ccc([N+](=O)[O-])s2)cc1. The number of rotatable bonds is 11. The smallest absolute Gasteiger partial charge is 0.301 e. The number of benzene rings is 1. The summed E-state index contributed by atoms with van der Waals surface area (Å²) >= 11 is 6.96. The van der Waals surface area contributed by atoms with Gasteiger partial charge in [-0.1, -0.05) is 42.5 Å². The molecule has 0 saturated carbocycles. The van der Waals surface area contributed by atoms with Crippen molar-refractivity contribution in [1.29, 1.82) is 0 Å². The number of nitrogens with zero attached hydrogens (tertiary/aromatic N) is 1. The van der Waals surface area contributed by atoms with Gasteiger partial charge in [-0.2, -0.15) is 0 Å². The minimum atomic E-state index is -3.27. The Morgan fingerprint density at radius 3 is 2.36 bits per heavy atom. The number of thiophene rings is 1. The number of alkyl halides is 1. The van der Waals surface area contributed by atoms with Gasteiger partial charge in [-0.15, -0.1) is 11.6 Å². The molecule has 1 heterocycles. The van der Waals surface area contributed by atoms with E-state index in [0.717, 1.165) is 33.8 Å². The number of nitro groups is 1. The molecule has 0 aliphatic carbocycles. The number of hydrogen-bond acceptors (Lipinski definition) is 5. The second kappa shape index (κ2) is 10.5. The predicted octanol–water partition coefficient (Wildman–Crippen LogP) is 5.55. The lowest BCUT2D eigenvalue weighted by atomic mass is 10.1. The van der Waals surface area contributed by atoms with Crippen molar-refractivity contribution in [1.82, 2.24) is 10.2 Å². The Kier molecular flexibility index (Phi) is 8.61. The van der Waals surface area contributed by atoms with Crippen LogP contribution in [0.2, 0.25) is 0 Å². The maximum absolute atomic E-state index is 13.1. The summed E-state index contributed by atoms with van der Waals surface area (Å²) in [6.45, 7) is 5.95. The van der Waals surface area contributed by atoms with Gasteiger partial charge in [0.25, 0.3) is 0 Å². The van der Waals surface area contributed by atoms with Gasteiger partial charge in [0.1, 0.15) is 0 Å². The van der Waals surface area contributed by atoms with Crippen LogP contribution in [0.1, 0.15) is 32.8 Å².